The lowest BCUT2D eigenvalue weighted by molar-refractivity contribution is -0.182. The summed E-state index contributed by atoms with van der Waals surface area (Å²) >= 11 is 13.2. The molecule has 0 spiro atoms. The molecule has 0 radical (unpaired) electrons. The van der Waals surface area contributed by atoms with E-state index in [2.05, 4.69) is 20.9 Å². The summed E-state index contributed by atoms with van der Waals surface area (Å²) in [5.74, 6) is -3.52. The van der Waals surface area contributed by atoms with E-state index in [4.69, 9.17) is 23.2 Å². The van der Waals surface area contributed by atoms with Crippen LogP contribution in [0.4, 0.5) is 43.7 Å². The van der Waals surface area contributed by atoms with Gasteiger partial charge in [0.1, 0.15) is 0 Å². The van der Waals surface area contributed by atoms with E-state index < -0.39 is 41.6 Å². The first kappa shape index (κ1) is 36.9. The fourth-order valence-corrected chi connectivity index (χ4v) is 6.79. The number of alkyl halides is 6. The highest BCUT2D eigenvalue weighted by Gasteiger charge is 2.45. The first-order valence-corrected chi connectivity index (χ1v) is 16.7. The van der Waals surface area contributed by atoms with Gasteiger partial charge in [0.05, 0.1) is 49.9 Å². The van der Waals surface area contributed by atoms with Gasteiger partial charge in [-0.05, 0) is 55.9 Å². The van der Waals surface area contributed by atoms with Crippen LogP contribution < -0.4 is 20.9 Å². The summed E-state index contributed by atoms with van der Waals surface area (Å²) in [5.41, 5.74) is 1.46. The van der Waals surface area contributed by atoms with Crippen molar-refractivity contribution in [2.24, 2.45) is 24.3 Å². The van der Waals surface area contributed by atoms with Gasteiger partial charge in [0, 0.05) is 38.1 Å². The number of benzene rings is 2. The molecule has 1 unspecified atom stereocenters. The first-order chi connectivity index (χ1) is 22.7. The molecule has 1 aliphatic heterocycles. The topological polar surface area (TPSA) is 91.3 Å². The van der Waals surface area contributed by atoms with Crippen LogP contribution in [0, 0.1) is 17.3 Å². The minimum Gasteiger partial charge on any atom is -0.370 e. The molecule has 1 saturated heterocycles. The van der Waals surface area contributed by atoms with E-state index in [9.17, 15) is 35.9 Å². The Morgan fingerprint density at radius 3 is 2.18 bits per heavy atom. The average molecular weight is 736 g/mol. The van der Waals surface area contributed by atoms with Crippen molar-refractivity contribution in [1.82, 2.24) is 20.2 Å². The van der Waals surface area contributed by atoms with E-state index in [-0.39, 0.29) is 84.9 Å². The van der Waals surface area contributed by atoms with Gasteiger partial charge in [0.15, 0.2) is 0 Å². The Morgan fingerprint density at radius 2 is 1.59 bits per heavy atom. The summed E-state index contributed by atoms with van der Waals surface area (Å²) in [7, 11) is 1.68. The van der Waals surface area contributed by atoms with Crippen LogP contribution in [0.1, 0.15) is 68.8 Å². The van der Waals surface area contributed by atoms with Gasteiger partial charge in [-0.1, -0.05) is 50.0 Å². The number of halogens is 8. The highest BCUT2D eigenvalue weighted by molar-refractivity contribution is 6.39. The van der Waals surface area contributed by atoms with Gasteiger partial charge in [0.2, 0.25) is 11.9 Å². The summed E-state index contributed by atoms with van der Waals surface area (Å²) in [6, 6.07) is 5.87. The fourth-order valence-electron chi connectivity index (χ4n) is 6.26. The molecule has 0 bridgehead atoms. The van der Waals surface area contributed by atoms with Crippen molar-refractivity contribution < 1.29 is 35.9 Å². The van der Waals surface area contributed by atoms with Gasteiger partial charge in [-0.25, -0.2) is 4.98 Å². The molecule has 268 valence electrons. The Kier molecular flexibility index (Phi) is 10.3. The molecule has 2 aromatic carbocycles. The summed E-state index contributed by atoms with van der Waals surface area (Å²) < 4.78 is 82.2. The molecule has 1 atom stereocenters. The van der Waals surface area contributed by atoms with E-state index in [0.717, 1.165) is 0 Å². The zero-order chi connectivity index (χ0) is 36.1. The second-order valence-corrected chi connectivity index (χ2v) is 14.6. The second kappa shape index (κ2) is 13.7. The smallest absolute Gasteiger partial charge is 0.370 e. The molecule has 2 aliphatic rings. The van der Waals surface area contributed by atoms with Crippen LogP contribution in [0.25, 0.3) is 11.0 Å². The van der Waals surface area contributed by atoms with Gasteiger partial charge in [-0.3, -0.25) is 9.59 Å². The maximum atomic E-state index is 13.7. The molecule has 49 heavy (non-hydrogen) atoms. The Morgan fingerprint density at radius 1 is 0.939 bits per heavy atom. The predicted molar refractivity (Wildman–Crippen MR) is 177 cm³/mol. The minimum atomic E-state index is -4.41. The van der Waals surface area contributed by atoms with Crippen LogP contribution in [0.5, 0.6) is 0 Å². The standard InChI is InChI=1S/C33H38Cl2F6N6O2/c1-31(2,3)29(49)42-15-17-5-10-22(34)27(26(17)35)45-30-44-23-13-21(28(48)43-20-8-6-18(7-9-20)32(36,37)38)24(14-25(23)46(30)4)47-12-11-19(16-47)33(39,40)41/h5,10,13-14,18-20H,6-9,11-12,15-16H2,1-4H3,(H,42,49)(H,43,48)(H,44,45). The first-order valence-electron chi connectivity index (χ1n) is 16.0. The van der Waals surface area contributed by atoms with Crippen molar-refractivity contribution in [3.63, 3.8) is 0 Å². The maximum Gasteiger partial charge on any atom is 0.393 e. The lowest BCUT2D eigenvalue weighted by Crippen LogP contribution is -2.40. The number of nitrogens with zero attached hydrogens (tertiary/aromatic N) is 3. The molecule has 1 saturated carbocycles. The summed E-state index contributed by atoms with van der Waals surface area (Å²) in [5, 5.41) is 9.29. The van der Waals surface area contributed by atoms with E-state index >= 15 is 0 Å². The quantitative estimate of drug-likeness (QED) is 0.212. The number of imidazole rings is 1. The highest BCUT2D eigenvalue weighted by atomic mass is 35.5. The summed E-state index contributed by atoms with van der Waals surface area (Å²) in [6.45, 7) is 5.19. The van der Waals surface area contributed by atoms with Crippen molar-refractivity contribution >= 4 is 63.4 Å². The molecule has 3 N–H and O–H groups in total. The van der Waals surface area contributed by atoms with Crippen LogP contribution in [-0.4, -0.2) is 52.8 Å². The normalized spacial score (nSPS) is 20.5. The molecule has 2 amide bonds. The Balaban J connectivity index is 1.46. The number of rotatable bonds is 7. The van der Waals surface area contributed by atoms with E-state index in [1.54, 1.807) is 50.6 Å². The van der Waals surface area contributed by atoms with Gasteiger partial charge in [0.25, 0.3) is 5.91 Å². The molecule has 1 aromatic heterocycles. The largest absolute Gasteiger partial charge is 0.393 e. The monoisotopic (exact) mass is 734 g/mol. The number of hydrogen-bond acceptors (Lipinski definition) is 5. The number of nitrogens with one attached hydrogen (secondary N) is 3. The van der Waals surface area contributed by atoms with Crippen LogP contribution in [0.15, 0.2) is 24.3 Å². The van der Waals surface area contributed by atoms with E-state index in [1.807, 2.05) is 0 Å². The second-order valence-electron chi connectivity index (χ2n) is 13.8. The molecular formula is C33H38Cl2F6N6O2. The summed E-state index contributed by atoms with van der Waals surface area (Å²) in [6.07, 6.45) is -8.84. The minimum absolute atomic E-state index is 0.0549. The fraction of sp³-hybridized carbons (Fsp3) is 0.545. The third kappa shape index (κ3) is 8.16. The molecule has 8 nitrogen and oxygen atoms in total. The number of fused-ring (bicyclic) bond motifs is 1. The predicted octanol–water partition coefficient (Wildman–Crippen LogP) is 8.53. The third-order valence-electron chi connectivity index (χ3n) is 9.29. The SMILES string of the molecule is Cn1c(Nc2c(Cl)ccc(CNC(=O)C(C)(C)C)c2Cl)nc2cc(C(=O)NC3CCC(C(F)(F)F)CC3)c(N3CCC(C(F)(F)F)C3)cc21. The average Bonchev–Trinajstić information content (AvgIpc) is 3.62. The summed E-state index contributed by atoms with van der Waals surface area (Å²) in [4.78, 5) is 32.2. The molecule has 2 fully saturated rings. The van der Waals surface area contributed by atoms with Gasteiger partial charge in [-0.15, -0.1) is 0 Å². The number of aromatic nitrogens is 2. The number of hydrogen-bond donors (Lipinski definition) is 3. The van der Waals surface area contributed by atoms with Crippen molar-refractivity contribution in [2.75, 3.05) is 23.3 Å². The Labute approximate surface area is 289 Å². The zero-order valence-corrected chi connectivity index (χ0v) is 28.9. The molecule has 1 aliphatic carbocycles. The molecular weight excluding hydrogens is 697 g/mol. The van der Waals surface area contributed by atoms with Gasteiger partial charge < -0.3 is 25.4 Å². The van der Waals surface area contributed by atoms with Crippen LogP contribution >= 0.6 is 23.2 Å². The van der Waals surface area contributed by atoms with Crippen molar-refractivity contribution in [2.45, 2.75) is 77.8 Å². The third-order valence-corrected chi connectivity index (χ3v) is 10.0. The van der Waals surface area contributed by atoms with Crippen LogP contribution in [-0.2, 0) is 18.4 Å². The number of anilines is 3. The van der Waals surface area contributed by atoms with Crippen molar-refractivity contribution in [1.29, 1.82) is 0 Å². The molecule has 5 rings (SSSR count). The zero-order valence-electron chi connectivity index (χ0n) is 27.4. The number of carbonyl (C=O) groups excluding carboxylic acids is 2. The van der Waals surface area contributed by atoms with Gasteiger partial charge >= 0.3 is 12.4 Å². The van der Waals surface area contributed by atoms with Crippen molar-refractivity contribution in [3.8, 4) is 0 Å². The number of carbonyl (C=O) groups is 2. The van der Waals surface area contributed by atoms with Crippen molar-refractivity contribution in [3.05, 3.63) is 45.4 Å². The van der Waals surface area contributed by atoms with Gasteiger partial charge in [-0.2, -0.15) is 26.3 Å². The lowest BCUT2D eigenvalue weighted by Gasteiger charge is -2.30. The Bertz CT molecular complexity index is 1730. The Hall–Kier alpha value is -3.39. The lowest BCUT2D eigenvalue weighted by atomic mass is 9.85. The van der Waals surface area contributed by atoms with Crippen LogP contribution in [0.2, 0.25) is 10.0 Å². The highest BCUT2D eigenvalue weighted by Crippen LogP contribution is 2.41. The molecule has 16 heteroatoms. The molecule has 2 heterocycles. The number of amides is 2. The van der Waals surface area contributed by atoms with E-state index in [1.165, 1.54) is 11.0 Å². The molecule has 3 aromatic rings. The van der Waals surface area contributed by atoms with E-state index in [0.29, 0.717) is 22.3 Å². The van der Waals surface area contributed by atoms with Crippen LogP contribution in [0.3, 0.4) is 0 Å². The number of aryl methyl sites for hydroxylation is 1. The maximum absolute atomic E-state index is 13.7.